The second-order valence-corrected chi connectivity index (χ2v) is 3.11. The standard InChI is InChI=1S/C7H12NP/c1-5-3-4-6(2)8-7(5)9/h4-5H,3,9H2,1-2H3. The van der Waals surface area contributed by atoms with Gasteiger partial charge in [-0.25, -0.2) is 0 Å². The lowest BCUT2D eigenvalue weighted by Crippen LogP contribution is -2.06. The predicted octanol–water partition coefficient (Wildman–Crippen LogP) is 2.20. The summed E-state index contributed by atoms with van der Waals surface area (Å²) >= 11 is 0. The number of hydrogen-bond donors (Lipinski definition) is 0. The van der Waals surface area contributed by atoms with Crippen LogP contribution < -0.4 is 0 Å². The SMILES string of the molecule is CC1=CCC(C)C(P)=N1. The summed E-state index contributed by atoms with van der Waals surface area (Å²) in [6, 6.07) is 0. The molecule has 2 heteroatoms. The van der Waals surface area contributed by atoms with E-state index in [1.165, 1.54) is 5.45 Å². The number of hydrogen-bond acceptors (Lipinski definition) is 1. The molecule has 2 atom stereocenters. The van der Waals surface area contributed by atoms with Crippen LogP contribution in [-0.4, -0.2) is 5.45 Å². The third-order valence-electron chi connectivity index (χ3n) is 1.58. The first kappa shape index (κ1) is 6.95. The van der Waals surface area contributed by atoms with Gasteiger partial charge in [0.25, 0.3) is 0 Å². The third-order valence-corrected chi connectivity index (χ3v) is 2.28. The summed E-state index contributed by atoms with van der Waals surface area (Å²) in [5.74, 6) is 0.624. The molecular weight excluding hydrogens is 129 g/mol. The molecule has 50 valence electrons. The molecule has 1 aliphatic rings. The minimum Gasteiger partial charge on any atom is -0.258 e. The van der Waals surface area contributed by atoms with Crippen molar-refractivity contribution in [1.82, 2.24) is 0 Å². The first-order valence-corrected chi connectivity index (χ1v) is 3.78. The van der Waals surface area contributed by atoms with Crippen LogP contribution in [0.4, 0.5) is 0 Å². The van der Waals surface area contributed by atoms with Crippen molar-refractivity contribution in [3.05, 3.63) is 11.8 Å². The second-order valence-electron chi connectivity index (χ2n) is 2.52. The normalized spacial score (nSPS) is 27.2. The maximum absolute atomic E-state index is 4.30. The van der Waals surface area contributed by atoms with E-state index in [1.54, 1.807) is 0 Å². The van der Waals surface area contributed by atoms with Gasteiger partial charge in [-0.1, -0.05) is 22.2 Å². The van der Waals surface area contributed by atoms with Crippen LogP contribution in [0.15, 0.2) is 16.8 Å². The Balaban J connectivity index is 2.74. The van der Waals surface area contributed by atoms with Crippen LogP contribution in [0.25, 0.3) is 0 Å². The summed E-state index contributed by atoms with van der Waals surface area (Å²) < 4.78 is 0. The molecule has 0 radical (unpaired) electrons. The lowest BCUT2D eigenvalue weighted by atomic mass is 10.1. The molecular formula is C7H12NP. The largest absolute Gasteiger partial charge is 0.258 e. The lowest BCUT2D eigenvalue weighted by Gasteiger charge is -2.13. The summed E-state index contributed by atoms with van der Waals surface area (Å²) in [7, 11) is 2.68. The van der Waals surface area contributed by atoms with Gasteiger partial charge in [-0.05, 0) is 13.3 Å². The minimum atomic E-state index is 0.624. The van der Waals surface area contributed by atoms with E-state index >= 15 is 0 Å². The molecule has 0 bridgehead atoms. The van der Waals surface area contributed by atoms with Crippen LogP contribution in [-0.2, 0) is 0 Å². The summed E-state index contributed by atoms with van der Waals surface area (Å²) in [4.78, 5) is 4.30. The zero-order valence-electron chi connectivity index (χ0n) is 5.89. The van der Waals surface area contributed by atoms with Gasteiger partial charge in [-0.15, -0.1) is 0 Å². The molecule has 0 fully saturated rings. The second kappa shape index (κ2) is 2.62. The van der Waals surface area contributed by atoms with Crippen molar-refractivity contribution in [2.45, 2.75) is 20.3 Å². The molecule has 1 heterocycles. The fourth-order valence-electron chi connectivity index (χ4n) is 0.828. The van der Waals surface area contributed by atoms with Crippen molar-refractivity contribution in [2.75, 3.05) is 0 Å². The van der Waals surface area contributed by atoms with Crippen molar-refractivity contribution in [1.29, 1.82) is 0 Å². The molecule has 2 unspecified atom stereocenters. The van der Waals surface area contributed by atoms with E-state index in [1.807, 2.05) is 6.92 Å². The number of aliphatic imine (C=N–C) groups is 1. The minimum absolute atomic E-state index is 0.624. The number of rotatable bonds is 0. The van der Waals surface area contributed by atoms with E-state index in [-0.39, 0.29) is 0 Å². The number of nitrogens with zero attached hydrogens (tertiary/aromatic N) is 1. The van der Waals surface area contributed by atoms with E-state index < -0.39 is 0 Å². The van der Waals surface area contributed by atoms with Crippen LogP contribution in [0.3, 0.4) is 0 Å². The highest BCUT2D eigenvalue weighted by atomic mass is 31.0. The van der Waals surface area contributed by atoms with E-state index in [2.05, 4.69) is 27.2 Å². The van der Waals surface area contributed by atoms with Crippen LogP contribution >= 0.6 is 9.24 Å². The summed E-state index contributed by atoms with van der Waals surface area (Å²) in [6.45, 7) is 4.23. The van der Waals surface area contributed by atoms with Gasteiger partial charge < -0.3 is 0 Å². The molecule has 0 aliphatic carbocycles. The van der Waals surface area contributed by atoms with Gasteiger partial charge in [0.2, 0.25) is 0 Å². The average Bonchev–Trinajstić information content (AvgIpc) is 1.80. The van der Waals surface area contributed by atoms with E-state index in [0.29, 0.717) is 5.92 Å². The maximum atomic E-state index is 4.30. The molecule has 0 aromatic heterocycles. The maximum Gasteiger partial charge on any atom is 0.0380 e. The Morgan fingerprint density at radius 1 is 1.78 bits per heavy atom. The summed E-state index contributed by atoms with van der Waals surface area (Å²) in [6.07, 6.45) is 3.33. The molecule has 9 heavy (non-hydrogen) atoms. The molecule has 0 saturated heterocycles. The van der Waals surface area contributed by atoms with Crippen LogP contribution in [0.1, 0.15) is 20.3 Å². The molecule has 1 rings (SSSR count). The predicted molar refractivity (Wildman–Crippen MR) is 44.7 cm³/mol. The van der Waals surface area contributed by atoms with Crippen molar-refractivity contribution in [3.8, 4) is 0 Å². The zero-order valence-corrected chi connectivity index (χ0v) is 7.04. The first-order chi connectivity index (χ1) is 4.20. The van der Waals surface area contributed by atoms with Crippen molar-refractivity contribution < 1.29 is 0 Å². The Morgan fingerprint density at radius 3 is 2.89 bits per heavy atom. The Morgan fingerprint density at radius 2 is 2.44 bits per heavy atom. The van der Waals surface area contributed by atoms with Gasteiger partial charge in [0, 0.05) is 17.1 Å². The van der Waals surface area contributed by atoms with E-state index in [9.17, 15) is 0 Å². The van der Waals surface area contributed by atoms with Gasteiger partial charge in [-0.2, -0.15) is 0 Å². The highest BCUT2D eigenvalue weighted by Crippen LogP contribution is 2.19. The van der Waals surface area contributed by atoms with Gasteiger partial charge in [0.15, 0.2) is 0 Å². The van der Waals surface area contributed by atoms with E-state index in [4.69, 9.17) is 0 Å². The summed E-state index contributed by atoms with van der Waals surface area (Å²) in [5.41, 5.74) is 2.34. The fourth-order valence-corrected chi connectivity index (χ4v) is 1.17. The smallest absolute Gasteiger partial charge is 0.0380 e. The monoisotopic (exact) mass is 141 g/mol. The summed E-state index contributed by atoms with van der Waals surface area (Å²) in [5, 5.41) is 0. The average molecular weight is 141 g/mol. The molecule has 1 nitrogen and oxygen atoms in total. The first-order valence-electron chi connectivity index (χ1n) is 3.21. The van der Waals surface area contributed by atoms with Crippen LogP contribution in [0.2, 0.25) is 0 Å². The topological polar surface area (TPSA) is 12.4 Å². The third kappa shape index (κ3) is 1.62. The van der Waals surface area contributed by atoms with Crippen molar-refractivity contribution in [3.63, 3.8) is 0 Å². The molecule has 0 spiro atoms. The Labute approximate surface area is 58.5 Å². The Kier molecular flexibility index (Phi) is 2.02. The lowest BCUT2D eigenvalue weighted by molar-refractivity contribution is 0.779. The Bertz CT molecular complexity index is 170. The number of allylic oxidation sites excluding steroid dienone is 2. The zero-order chi connectivity index (χ0) is 6.85. The van der Waals surface area contributed by atoms with Gasteiger partial charge in [-0.3, -0.25) is 4.99 Å². The van der Waals surface area contributed by atoms with Crippen molar-refractivity contribution in [2.24, 2.45) is 10.9 Å². The highest BCUT2D eigenvalue weighted by Gasteiger charge is 2.07. The molecule has 0 N–H and O–H groups in total. The molecule has 0 saturated carbocycles. The van der Waals surface area contributed by atoms with Gasteiger partial charge in [0.1, 0.15) is 0 Å². The van der Waals surface area contributed by atoms with Crippen LogP contribution in [0.5, 0.6) is 0 Å². The quantitative estimate of drug-likeness (QED) is 0.458. The molecule has 0 amide bonds. The van der Waals surface area contributed by atoms with E-state index in [0.717, 1.165) is 12.1 Å². The Hall–Kier alpha value is -0.160. The molecule has 0 aromatic carbocycles. The van der Waals surface area contributed by atoms with Crippen LogP contribution in [0, 0.1) is 5.92 Å². The molecule has 1 aliphatic heterocycles. The van der Waals surface area contributed by atoms with Crippen molar-refractivity contribution >= 4 is 14.7 Å². The fraction of sp³-hybridized carbons (Fsp3) is 0.571. The highest BCUT2D eigenvalue weighted by molar-refractivity contribution is 7.40. The van der Waals surface area contributed by atoms with Gasteiger partial charge >= 0.3 is 0 Å². The molecule has 0 aromatic rings. The van der Waals surface area contributed by atoms with Gasteiger partial charge in [0.05, 0.1) is 0 Å².